The fourth-order valence-electron chi connectivity index (χ4n) is 6.24. The van der Waals surface area contributed by atoms with Gasteiger partial charge in [0.1, 0.15) is 16.9 Å². The van der Waals surface area contributed by atoms with Crippen LogP contribution in [0.15, 0.2) is 36.5 Å². The number of likely N-dealkylation sites (tertiary alicyclic amines) is 1. The second-order valence-electron chi connectivity index (χ2n) is 11.4. The van der Waals surface area contributed by atoms with Gasteiger partial charge in [0.15, 0.2) is 5.82 Å². The Balaban J connectivity index is 1.41. The van der Waals surface area contributed by atoms with Crippen LogP contribution in [0.1, 0.15) is 54.9 Å². The highest BCUT2D eigenvalue weighted by molar-refractivity contribution is 6.00. The molecule has 2 saturated carbocycles. The minimum Gasteiger partial charge on any atom is -0.494 e. The third-order valence-corrected chi connectivity index (χ3v) is 8.50. The van der Waals surface area contributed by atoms with E-state index in [9.17, 15) is 4.79 Å². The molecule has 7 rings (SSSR count). The summed E-state index contributed by atoms with van der Waals surface area (Å²) in [6, 6.07) is 10.5. The Labute approximate surface area is 221 Å². The number of pyridine rings is 1. The zero-order valence-corrected chi connectivity index (χ0v) is 21.8. The minimum absolute atomic E-state index is 0.0193. The molecular formula is C29H35N7O2. The summed E-state index contributed by atoms with van der Waals surface area (Å²) < 4.78 is 10.6. The zero-order valence-electron chi connectivity index (χ0n) is 21.8. The number of methoxy groups -OCH3 is 1. The fourth-order valence-corrected chi connectivity index (χ4v) is 6.24. The molecule has 1 aromatic carbocycles. The molecule has 4 N–H and O–H groups in total. The van der Waals surface area contributed by atoms with Gasteiger partial charge in [0.05, 0.1) is 18.3 Å². The average Bonchev–Trinajstić information content (AvgIpc) is 3.55. The van der Waals surface area contributed by atoms with Crippen molar-refractivity contribution >= 4 is 28.0 Å². The molecule has 3 aromatic heterocycles. The van der Waals surface area contributed by atoms with Crippen molar-refractivity contribution in [3.05, 3.63) is 42.1 Å². The van der Waals surface area contributed by atoms with Crippen LogP contribution in [0.25, 0.3) is 33.6 Å². The highest BCUT2D eigenvalue weighted by atomic mass is 16.5. The first-order valence-corrected chi connectivity index (χ1v) is 13.8. The molecule has 38 heavy (non-hydrogen) atoms. The molecule has 198 valence electrons. The number of hydrogen-bond acceptors (Lipinski definition) is 6. The molecule has 1 saturated heterocycles. The Morgan fingerprint density at radius 1 is 1.13 bits per heavy atom. The largest absolute Gasteiger partial charge is 0.494 e. The number of carbonyl (C=O) groups is 1. The van der Waals surface area contributed by atoms with E-state index >= 15 is 0 Å². The summed E-state index contributed by atoms with van der Waals surface area (Å²) in [5.41, 5.74) is 16.8. The first-order chi connectivity index (χ1) is 18.5. The number of hydrogen-bond donors (Lipinski definition) is 2. The first kappa shape index (κ1) is 23.7. The summed E-state index contributed by atoms with van der Waals surface area (Å²) in [4.78, 5) is 25.3. The van der Waals surface area contributed by atoms with Gasteiger partial charge < -0.3 is 30.2 Å². The Bertz CT molecular complexity index is 1530. The number of imidazole rings is 1. The normalized spacial score (nSPS) is 23.7. The van der Waals surface area contributed by atoms with Crippen molar-refractivity contribution in [2.24, 2.45) is 17.4 Å². The molecule has 3 aliphatic rings. The first-order valence-electron chi connectivity index (χ1n) is 13.8. The van der Waals surface area contributed by atoms with Crippen LogP contribution in [-0.2, 0) is 6.54 Å². The van der Waals surface area contributed by atoms with E-state index in [0.29, 0.717) is 23.8 Å². The zero-order chi connectivity index (χ0) is 26.0. The molecule has 2 aliphatic carbocycles. The van der Waals surface area contributed by atoms with Gasteiger partial charge in [0.2, 0.25) is 0 Å². The topological polar surface area (TPSA) is 117 Å². The van der Waals surface area contributed by atoms with Crippen LogP contribution in [0, 0.1) is 5.92 Å². The summed E-state index contributed by atoms with van der Waals surface area (Å²) in [5, 5.41) is 1.11. The van der Waals surface area contributed by atoms with Gasteiger partial charge in [0.25, 0.3) is 5.91 Å². The lowest BCUT2D eigenvalue weighted by Gasteiger charge is -2.35. The van der Waals surface area contributed by atoms with Gasteiger partial charge in [-0.25, -0.2) is 9.97 Å². The predicted octanol–water partition coefficient (Wildman–Crippen LogP) is 3.70. The summed E-state index contributed by atoms with van der Waals surface area (Å²) in [5.74, 6) is 2.21. The molecule has 1 atom stereocenters. The van der Waals surface area contributed by atoms with Crippen LogP contribution in [0.4, 0.5) is 0 Å². The molecule has 1 amide bonds. The third-order valence-electron chi connectivity index (χ3n) is 8.50. The van der Waals surface area contributed by atoms with E-state index in [1.54, 1.807) is 7.11 Å². The van der Waals surface area contributed by atoms with Crippen LogP contribution >= 0.6 is 0 Å². The number of carbonyl (C=O) groups excluding carboxylic acids is 1. The van der Waals surface area contributed by atoms with Crippen molar-refractivity contribution in [2.45, 2.75) is 63.2 Å². The lowest BCUT2D eigenvalue weighted by atomic mass is 9.87. The quantitative estimate of drug-likeness (QED) is 0.406. The van der Waals surface area contributed by atoms with Gasteiger partial charge in [-0.2, -0.15) is 0 Å². The molecule has 4 heterocycles. The summed E-state index contributed by atoms with van der Waals surface area (Å²) in [6.07, 6.45) is 8.00. The van der Waals surface area contributed by atoms with E-state index in [2.05, 4.69) is 21.3 Å². The monoisotopic (exact) mass is 513 g/mol. The Kier molecular flexibility index (Phi) is 5.67. The third kappa shape index (κ3) is 3.96. The fraction of sp³-hybridized carbons (Fsp3) is 0.483. The van der Waals surface area contributed by atoms with Gasteiger partial charge in [-0.05, 0) is 74.8 Å². The highest BCUT2D eigenvalue weighted by Crippen LogP contribution is 2.43. The average molecular weight is 514 g/mol. The maximum Gasteiger partial charge on any atom is 0.254 e. The van der Waals surface area contributed by atoms with E-state index in [1.165, 1.54) is 12.8 Å². The van der Waals surface area contributed by atoms with Gasteiger partial charge in [-0.1, -0.05) is 0 Å². The minimum atomic E-state index is -0.0193. The number of ether oxygens (including phenoxy) is 1. The Morgan fingerprint density at radius 2 is 1.97 bits per heavy atom. The number of nitrogens with two attached hydrogens (primary N) is 2. The number of nitrogens with zero attached hydrogens (tertiary/aromatic N) is 5. The van der Waals surface area contributed by atoms with Gasteiger partial charge in [0, 0.05) is 54.9 Å². The van der Waals surface area contributed by atoms with Crippen molar-refractivity contribution in [1.82, 2.24) is 24.0 Å². The van der Waals surface area contributed by atoms with E-state index in [1.807, 2.05) is 29.3 Å². The second-order valence-corrected chi connectivity index (χ2v) is 11.4. The van der Waals surface area contributed by atoms with Crippen LogP contribution in [0.3, 0.4) is 0 Å². The molecule has 0 bridgehead atoms. The molecule has 4 aromatic rings. The van der Waals surface area contributed by atoms with E-state index in [4.69, 9.17) is 26.2 Å². The maximum absolute atomic E-state index is 13.5. The number of fused-ring (bicyclic) bond motifs is 2. The van der Waals surface area contributed by atoms with Gasteiger partial charge >= 0.3 is 0 Å². The van der Waals surface area contributed by atoms with Crippen molar-refractivity contribution in [3.63, 3.8) is 0 Å². The second kappa shape index (κ2) is 9.10. The Morgan fingerprint density at radius 3 is 2.71 bits per heavy atom. The SMILES string of the molecule is COc1cc(C(=O)N2CCC[C@@H](N)C2)cc2nc(-c3cc4cccnc4n3CC3CC3)n(C3CC(N)C3)c12. The molecule has 9 heteroatoms. The number of amides is 1. The van der Waals surface area contributed by atoms with Crippen LogP contribution in [0.2, 0.25) is 0 Å². The number of piperidine rings is 1. The van der Waals surface area contributed by atoms with Crippen molar-refractivity contribution < 1.29 is 9.53 Å². The maximum atomic E-state index is 13.5. The molecule has 0 radical (unpaired) electrons. The van der Waals surface area contributed by atoms with Crippen molar-refractivity contribution in [1.29, 1.82) is 0 Å². The van der Waals surface area contributed by atoms with Gasteiger partial charge in [-0.3, -0.25) is 4.79 Å². The van der Waals surface area contributed by atoms with Crippen molar-refractivity contribution in [3.8, 4) is 17.3 Å². The molecule has 0 spiro atoms. The van der Waals surface area contributed by atoms with Gasteiger partial charge in [-0.15, -0.1) is 0 Å². The molecule has 0 unspecified atom stereocenters. The summed E-state index contributed by atoms with van der Waals surface area (Å²) >= 11 is 0. The predicted molar refractivity (Wildman–Crippen MR) is 147 cm³/mol. The van der Waals surface area contributed by atoms with Crippen molar-refractivity contribution in [2.75, 3.05) is 20.2 Å². The lowest BCUT2D eigenvalue weighted by Crippen LogP contribution is -2.45. The molecule has 9 nitrogen and oxygen atoms in total. The van der Waals surface area contributed by atoms with E-state index in [-0.39, 0.29) is 24.0 Å². The van der Waals surface area contributed by atoms with E-state index in [0.717, 1.165) is 72.4 Å². The number of rotatable bonds is 6. The summed E-state index contributed by atoms with van der Waals surface area (Å²) in [7, 11) is 1.66. The standard InChI is InChI=1S/C29H35N7O2/c1-38-25-12-19(29(37)34-9-3-5-20(30)16-34)10-23-26(25)36(22-13-21(31)14-22)28(33-23)24-11-18-4-2-8-32-27(18)35(24)15-17-6-7-17/h2,4,8,10-12,17,20-22H,3,5-7,9,13-16,30-31H2,1H3/t20-,21?,22?/m1/s1. The molecule has 1 aliphatic heterocycles. The molecule has 3 fully saturated rings. The van der Waals surface area contributed by atoms with E-state index < -0.39 is 0 Å². The smallest absolute Gasteiger partial charge is 0.254 e. The number of aromatic nitrogens is 4. The van der Waals surface area contributed by atoms with Crippen LogP contribution in [0.5, 0.6) is 5.75 Å². The highest BCUT2D eigenvalue weighted by Gasteiger charge is 2.34. The Hall–Kier alpha value is -3.43. The van der Waals surface area contributed by atoms with Crippen LogP contribution in [-0.4, -0.2) is 62.2 Å². The summed E-state index contributed by atoms with van der Waals surface area (Å²) in [6.45, 7) is 2.23. The van der Waals surface area contributed by atoms with Crippen LogP contribution < -0.4 is 16.2 Å². The lowest BCUT2D eigenvalue weighted by molar-refractivity contribution is 0.0708. The molecular weight excluding hydrogens is 478 g/mol. The number of benzene rings is 1.